The van der Waals surface area contributed by atoms with E-state index in [4.69, 9.17) is 5.73 Å². The zero-order valence-electron chi connectivity index (χ0n) is 7.44. The van der Waals surface area contributed by atoms with E-state index in [0.717, 1.165) is 5.69 Å². The van der Waals surface area contributed by atoms with E-state index in [1.807, 2.05) is 13.2 Å². The minimum absolute atomic E-state index is 0.289. The molecule has 0 bridgehead atoms. The Morgan fingerprint density at radius 2 is 2.50 bits per heavy atom. The van der Waals surface area contributed by atoms with Crippen LogP contribution in [0.5, 0.6) is 0 Å². The van der Waals surface area contributed by atoms with E-state index in [0.29, 0.717) is 11.8 Å². The quantitative estimate of drug-likeness (QED) is 0.686. The third kappa shape index (κ3) is 1.22. The molecule has 3 unspecified atom stereocenters. The molecule has 0 aliphatic heterocycles. The van der Waals surface area contributed by atoms with Crippen molar-refractivity contribution in [2.45, 2.75) is 25.3 Å². The van der Waals surface area contributed by atoms with Gasteiger partial charge in [0.25, 0.3) is 0 Å². The summed E-state index contributed by atoms with van der Waals surface area (Å²) in [6.07, 6.45) is 3.16. The molecule has 0 radical (unpaired) electrons. The molecular formula is C8H14N4. The lowest BCUT2D eigenvalue weighted by molar-refractivity contribution is 0.627. The first kappa shape index (κ1) is 7.73. The Balaban J connectivity index is 2.05. The van der Waals surface area contributed by atoms with E-state index in [9.17, 15) is 0 Å². The summed E-state index contributed by atoms with van der Waals surface area (Å²) in [7, 11) is 1.89. The Hall–Kier alpha value is -0.900. The molecule has 66 valence electrons. The molecule has 1 aliphatic carbocycles. The summed E-state index contributed by atoms with van der Waals surface area (Å²) >= 11 is 0. The van der Waals surface area contributed by atoms with Crippen molar-refractivity contribution in [1.82, 2.24) is 15.0 Å². The molecule has 0 aromatic carbocycles. The fourth-order valence-corrected chi connectivity index (χ4v) is 1.67. The lowest BCUT2D eigenvalue weighted by Crippen LogP contribution is -2.17. The first-order chi connectivity index (χ1) is 5.68. The molecule has 2 N–H and O–H groups in total. The van der Waals surface area contributed by atoms with Gasteiger partial charge in [-0.2, -0.15) is 0 Å². The summed E-state index contributed by atoms with van der Waals surface area (Å²) in [5.41, 5.74) is 6.87. The molecule has 0 saturated heterocycles. The van der Waals surface area contributed by atoms with Gasteiger partial charge in [0, 0.05) is 25.2 Å². The maximum Gasteiger partial charge on any atom is 0.0861 e. The van der Waals surface area contributed by atoms with Gasteiger partial charge in [0.05, 0.1) is 5.69 Å². The smallest absolute Gasteiger partial charge is 0.0861 e. The maximum atomic E-state index is 5.78. The van der Waals surface area contributed by atoms with Crippen LogP contribution < -0.4 is 5.73 Å². The first-order valence-electron chi connectivity index (χ1n) is 4.30. The summed E-state index contributed by atoms with van der Waals surface area (Å²) in [6, 6.07) is 0.289. The number of rotatable bonds is 2. The number of nitrogens with zero attached hydrogens (tertiary/aromatic N) is 3. The monoisotopic (exact) mass is 166 g/mol. The molecule has 1 fully saturated rings. The van der Waals surface area contributed by atoms with Crippen molar-refractivity contribution in [3.8, 4) is 0 Å². The largest absolute Gasteiger partial charge is 0.328 e. The molecule has 4 heteroatoms. The molecule has 1 aromatic rings. The van der Waals surface area contributed by atoms with Gasteiger partial charge in [-0.05, 0) is 19.3 Å². The molecule has 1 aromatic heterocycles. The maximum absolute atomic E-state index is 5.78. The second kappa shape index (κ2) is 2.55. The average Bonchev–Trinajstić information content (AvgIpc) is 2.70. The molecule has 1 aliphatic rings. The van der Waals surface area contributed by atoms with Gasteiger partial charge in [0.2, 0.25) is 0 Å². The molecule has 2 rings (SSSR count). The van der Waals surface area contributed by atoms with Gasteiger partial charge in [-0.1, -0.05) is 5.21 Å². The first-order valence-corrected chi connectivity index (χ1v) is 4.30. The fraction of sp³-hybridized carbons (Fsp3) is 0.750. The van der Waals surface area contributed by atoms with Crippen molar-refractivity contribution in [1.29, 1.82) is 0 Å². The second-order valence-electron chi connectivity index (χ2n) is 3.68. The molecule has 3 atom stereocenters. The third-order valence-electron chi connectivity index (χ3n) is 2.52. The van der Waals surface area contributed by atoms with Gasteiger partial charge in [-0.15, -0.1) is 5.10 Å². The van der Waals surface area contributed by atoms with E-state index in [1.165, 1.54) is 6.42 Å². The van der Waals surface area contributed by atoms with Gasteiger partial charge in [-0.3, -0.25) is 4.68 Å². The van der Waals surface area contributed by atoms with Crippen molar-refractivity contribution in [2.24, 2.45) is 18.7 Å². The summed E-state index contributed by atoms with van der Waals surface area (Å²) in [5, 5.41) is 7.97. The van der Waals surface area contributed by atoms with Crippen LogP contribution in [0.25, 0.3) is 0 Å². The van der Waals surface area contributed by atoms with E-state index in [-0.39, 0.29) is 6.04 Å². The van der Waals surface area contributed by atoms with Crippen LogP contribution in [0.3, 0.4) is 0 Å². The summed E-state index contributed by atoms with van der Waals surface area (Å²) in [4.78, 5) is 0. The van der Waals surface area contributed by atoms with Crippen LogP contribution in [0.4, 0.5) is 0 Å². The Kier molecular flexibility index (Phi) is 1.65. The van der Waals surface area contributed by atoms with Gasteiger partial charge in [-0.25, -0.2) is 0 Å². The topological polar surface area (TPSA) is 56.7 Å². The van der Waals surface area contributed by atoms with Gasteiger partial charge >= 0.3 is 0 Å². The Morgan fingerprint density at radius 1 is 1.75 bits per heavy atom. The van der Waals surface area contributed by atoms with Crippen molar-refractivity contribution in [3.05, 3.63) is 11.9 Å². The minimum Gasteiger partial charge on any atom is -0.328 e. The van der Waals surface area contributed by atoms with E-state index in [2.05, 4.69) is 17.2 Å². The van der Waals surface area contributed by atoms with Crippen molar-refractivity contribution in [3.63, 3.8) is 0 Å². The Morgan fingerprint density at radius 3 is 2.92 bits per heavy atom. The summed E-state index contributed by atoms with van der Waals surface area (Å²) < 4.78 is 1.74. The van der Waals surface area contributed by atoms with Crippen molar-refractivity contribution < 1.29 is 0 Å². The summed E-state index contributed by atoms with van der Waals surface area (Å²) in [6.45, 7) is 2.06. The van der Waals surface area contributed by atoms with Crippen LogP contribution in [0.1, 0.15) is 25.0 Å². The number of nitrogens with two attached hydrogens (primary N) is 1. The highest BCUT2D eigenvalue weighted by Crippen LogP contribution is 2.47. The van der Waals surface area contributed by atoms with Crippen LogP contribution in [-0.4, -0.2) is 21.0 Å². The normalized spacial score (nSPS) is 30.2. The third-order valence-corrected chi connectivity index (χ3v) is 2.52. The average molecular weight is 166 g/mol. The zero-order valence-corrected chi connectivity index (χ0v) is 7.44. The highest BCUT2D eigenvalue weighted by Gasteiger charge is 2.42. The lowest BCUT2D eigenvalue weighted by atomic mass is 10.1. The SMILES string of the molecule is CC(N)C1CC1c1cn(C)nn1. The predicted molar refractivity (Wildman–Crippen MR) is 45.5 cm³/mol. The van der Waals surface area contributed by atoms with Crippen LogP contribution in [0.15, 0.2) is 6.20 Å². The van der Waals surface area contributed by atoms with Gasteiger partial charge in [0.15, 0.2) is 0 Å². The Bertz CT molecular complexity index is 278. The van der Waals surface area contributed by atoms with Crippen LogP contribution in [0.2, 0.25) is 0 Å². The zero-order chi connectivity index (χ0) is 8.72. The lowest BCUT2D eigenvalue weighted by Gasteiger charge is -1.99. The highest BCUT2D eigenvalue weighted by molar-refractivity contribution is 5.15. The molecule has 12 heavy (non-hydrogen) atoms. The number of hydrogen-bond acceptors (Lipinski definition) is 3. The number of hydrogen-bond donors (Lipinski definition) is 1. The molecule has 0 spiro atoms. The van der Waals surface area contributed by atoms with E-state index in [1.54, 1.807) is 4.68 Å². The minimum atomic E-state index is 0.289. The van der Waals surface area contributed by atoms with Crippen molar-refractivity contribution >= 4 is 0 Å². The molecule has 1 saturated carbocycles. The predicted octanol–water partition coefficient (Wildman–Crippen LogP) is 0.266. The highest BCUT2D eigenvalue weighted by atomic mass is 15.4. The molecule has 1 heterocycles. The van der Waals surface area contributed by atoms with E-state index < -0.39 is 0 Å². The Labute approximate surface area is 71.8 Å². The standard InChI is InChI=1S/C8H14N4/c1-5(9)6-3-7(6)8-4-12(2)11-10-8/h4-7H,3,9H2,1-2H3. The second-order valence-corrected chi connectivity index (χ2v) is 3.68. The summed E-state index contributed by atoms with van der Waals surface area (Å²) in [5.74, 6) is 1.19. The molecule has 0 amide bonds. The van der Waals surface area contributed by atoms with Crippen molar-refractivity contribution in [2.75, 3.05) is 0 Å². The number of aryl methyl sites for hydroxylation is 1. The van der Waals surface area contributed by atoms with Crippen LogP contribution in [-0.2, 0) is 7.05 Å². The van der Waals surface area contributed by atoms with Gasteiger partial charge in [0.1, 0.15) is 0 Å². The molecule has 4 nitrogen and oxygen atoms in total. The van der Waals surface area contributed by atoms with E-state index >= 15 is 0 Å². The number of aromatic nitrogens is 3. The molecular weight excluding hydrogens is 152 g/mol. The van der Waals surface area contributed by atoms with Gasteiger partial charge < -0.3 is 5.73 Å². The van der Waals surface area contributed by atoms with Crippen LogP contribution in [0, 0.1) is 5.92 Å². The van der Waals surface area contributed by atoms with Crippen LogP contribution >= 0.6 is 0 Å². The fourth-order valence-electron chi connectivity index (χ4n) is 1.67.